The average molecular weight is 324 g/mol. The van der Waals surface area contributed by atoms with Crippen molar-refractivity contribution < 1.29 is 4.79 Å². The quantitative estimate of drug-likeness (QED) is 0.788. The highest BCUT2D eigenvalue weighted by atomic mass is 35.5. The minimum Gasteiger partial charge on any atom is -0.305 e. The van der Waals surface area contributed by atoms with E-state index in [1.807, 2.05) is 24.3 Å². The number of amides is 1. The molecule has 1 amide bonds. The van der Waals surface area contributed by atoms with Gasteiger partial charge in [-0.15, -0.1) is 0 Å². The van der Waals surface area contributed by atoms with Gasteiger partial charge in [-0.1, -0.05) is 48.1 Å². The van der Waals surface area contributed by atoms with Crippen molar-refractivity contribution in [3.8, 4) is 0 Å². The Kier molecular flexibility index (Phi) is 5.73. The summed E-state index contributed by atoms with van der Waals surface area (Å²) >= 11 is 7.84. The molecule has 1 atom stereocenters. The van der Waals surface area contributed by atoms with Crippen LogP contribution in [0, 0.1) is 0 Å². The zero-order valence-electron chi connectivity index (χ0n) is 12.0. The summed E-state index contributed by atoms with van der Waals surface area (Å²) in [6.07, 6.45) is 3.50. The maximum absolute atomic E-state index is 10.5. The monoisotopic (exact) mass is 323 g/mol. The molecule has 0 radical (unpaired) electrons. The van der Waals surface area contributed by atoms with E-state index in [2.05, 4.69) is 29.2 Å². The van der Waals surface area contributed by atoms with E-state index in [1.54, 1.807) is 6.20 Å². The van der Waals surface area contributed by atoms with Gasteiger partial charge in [-0.3, -0.25) is 9.69 Å². The first-order valence-electron chi connectivity index (χ1n) is 6.78. The van der Waals surface area contributed by atoms with Crippen LogP contribution in [0.1, 0.15) is 29.8 Å². The molecule has 4 nitrogen and oxygen atoms in total. The van der Waals surface area contributed by atoms with Gasteiger partial charge in [-0.2, -0.15) is 0 Å². The van der Waals surface area contributed by atoms with Crippen LogP contribution in [-0.4, -0.2) is 29.9 Å². The summed E-state index contributed by atoms with van der Waals surface area (Å²) in [5, 5.41) is 3.93. The number of nitrogens with one attached hydrogen (secondary N) is 1. The van der Waals surface area contributed by atoms with Gasteiger partial charge < -0.3 is 5.32 Å². The number of benzene rings is 1. The van der Waals surface area contributed by atoms with E-state index in [9.17, 15) is 4.79 Å². The molecule has 1 N–H and O–H groups in total. The predicted molar refractivity (Wildman–Crippen MR) is 88.0 cm³/mol. The zero-order valence-corrected chi connectivity index (χ0v) is 13.6. The van der Waals surface area contributed by atoms with Crippen molar-refractivity contribution >= 4 is 34.5 Å². The van der Waals surface area contributed by atoms with Crippen LogP contribution in [0.15, 0.2) is 30.5 Å². The summed E-state index contributed by atoms with van der Waals surface area (Å²) in [4.78, 5) is 18.1. The van der Waals surface area contributed by atoms with Gasteiger partial charge in [0.15, 0.2) is 5.13 Å². The highest BCUT2D eigenvalue weighted by Crippen LogP contribution is 2.36. The molecule has 1 unspecified atom stereocenters. The van der Waals surface area contributed by atoms with Gasteiger partial charge >= 0.3 is 0 Å². The van der Waals surface area contributed by atoms with Crippen LogP contribution in [0.2, 0.25) is 5.02 Å². The number of anilines is 1. The first-order valence-corrected chi connectivity index (χ1v) is 7.97. The largest absolute Gasteiger partial charge is 0.305 e. The van der Waals surface area contributed by atoms with Gasteiger partial charge in [0.05, 0.1) is 6.04 Å². The van der Waals surface area contributed by atoms with Crippen molar-refractivity contribution in [2.24, 2.45) is 0 Å². The third-order valence-corrected chi connectivity index (χ3v) is 4.52. The van der Waals surface area contributed by atoms with Crippen LogP contribution < -0.4 is 5.32 Å². The lowest BCUT2D eigenvalue weighted by Gasteiger charge is -2.27. The summed E-state index contributed by atoms with van der Waals surface area (Å²) in [6.45, 7) is 3.09. The Morgan fingerprint density at radius 2 is 2.24 bits per heavy atom. The molecule has 0 saturated carbocycles. The lowest BCUT2D eigenvalue weighted by Crippen LogP contribution is -2.26. The normalized spacial score (nSPS) is 12.4. The zero-order chi connectivity index (χ0) is 15.2. The van der Waals surface area contributed by atoms with Gasteiger partial charge in [0.25, 0.3) is 0 Å². The number of rotatable bonds is 7. The average Bonchev–Trinajstić information content (AvgIpc) is 2.90. The molecule has 1 heterocycles. The van der Waals surface area contributed by atoms with E-state index in [4.69, 9.17) is 11.6 Å². The maximum atomic E-state index is 10.5. The Bertz CT molecular complexity index is 602. The topological polar surface area (TPSA) is 45.2 Å². The summed E-state index contributed by atoms with van der Waals surface area (Å²) in [5.74, 6) is 0. The number of aromatic nitrogens is 1. The number of nitrogens with zero attached hydrogens (tertiary/aromatic N) is 2. The van der Waals surface area contributed by atoms with Crippen molar-refractivity contribution in [1.82, 2.24) is 9.88 Å². The molecule has 0 aliphatic carbocycles. The summed E-state index contributed by atoms with van der Waals surface area (Å²) < 4.78 is 0. The molecule has 0 bridgehead atoms. The number of hydrogen-bond donors (Lipinski definition) is 1. The standard InChI is InChI=1S/C15H18ClN3OS/c1-3-8-19(2)14(11-6-4-5-7-12(11)16)13-9-17-15(21-13)18-10-20/h4-7,9-10,14H,3,8H2,1-2H3,(H,17,18,20). The van der Waals surface area contributed by atoms with E-state index in [0.29, 0.717) is 11.5 Å². The molecule has 0 saturated heterocycles. The highest BCUT2D eigenvalue weighted by Gasteiger charge is 2.23. The molecule has 0 aliphatic heterocycles. The predicted octanol–water partition coefficient (Wildman–Crippen LogP) is 3.80. The minimum absolute atomic E-state index is 0.0401. The molecular weight excluding hydrogens is 306 g/mol. The number of thiazole rings is 1. The van der Waals surface area contributed by atoms with E-state index in [-0.39, 0.29) is 6.04 Å². The second-order valence-corrected chi connectivity index (χ2v) is 6.20. The Hall–Kier alpha value is -1.43. The van der Waals surface area contributed by atoms with Crippen molar-refractivity contribution in [2.75, 3.05) is 18.9 Å². The van der Waals surface area contributed by atoms with E-state index >= 15 is 0 Å². The molecule has 2 aromatic rings. The lowest BCUT2D eigenvalue weighted by molar-refractivity contribution is -0.105. The van der Waals surface area contributed by atoms with Crippen molar-refractivity contribution in [3.05, 3.63) is 45.9 Å². The molecular formula is C15H18ClN3OS. The Balaban J connectivity index is 2.40. The fraction of sp³-hybridized carbons (Fsp3) is 0.333. The van der Waals surface area contributed by atoms with E-state index in [1.165, 1.54) is 11.3 Å². The fourth-order valence-electron chi connectivity index (χ4n) is 2.32. The molecule has 0 spiro atoms. The first-order chi connectivity index (χ1) is 10.2. The lowest BCUT2D eigenvalue weighted by atomic mass is 10.0. The number of hydrogen-bond acceptors (Lipinski definition) is 4. The smallest absolute Gasteiger partial charge is 0.213 e. The number of carbonyl (C=O) groups excluding carboxylic acids is 1. The molecule has 112 valence electrons. The summed E-state index contributed by atoms with van der Waals surface area (Å²) in [6, 6.07) is 7.88. The van der Waals surface area contributed by atoms with Crippen LogP contribution >= 0.6 is 22.9 Å². The third-order valence-electron chi connectivity index (χ3n) is 3.19. The maximum Gasteiger partial charge on any atom is 0.213 e. The van der Waals surface area contributed by atoms with Gasteiger partial charge in [0, 0.05) is 16.1 Å². The summed E-state index contributed by atoms with van der Waals surface area (Å²) in [7, 11) is 2.07. The Morgan fingerprint density at radius 1 is 1.48 bits per heavy atom. The van der Waals surface area contributed by atoms with E-state index < -0.39 is 0 Å². The van der Waals surface area contributed by atoms with Crippen molar-refractivity contribution in [2.45, 2.75) is 19.4 Å². The van der Waals surface area contributed by atoms with Crippen LogP contribution in [0.25, 0.3) is 0 Å². The molecule has 2 rings (SSSR count). The van der Waals surface area contributed by atoms with Crippen LogP contribution in [0.3, 0.4) is 0 Å². The molecule has 0 aliphatic rings. The third kappa shape index (κ3) is 3.81. The molecule has 1 aromatic heterocycles. The second-order valence-electron chi connectivity index (χ2n) is 4.73. The molecule has 21 heavy (non-hydrogen) atoms. The molecule has 6 heteroatoms. The van der Waals surface area contributed by atoms with Gasteiger partial charge in [-0.05, 0) is 31.6 Å². The first kappa shape index (κ1) is 15.9. The summed E-state index contributed by atoms with van der Waals surface area (Å²) in [5.41, 5.74) is 1.05. The van der Waals surface area contributed by atoms with E-state index in [0.717, 1.165) is 28.4 Å². The fourth-order valence-corrected chi connectivity index (χ4v) is 3.52. The van der Waals surface area contributed by atoms with Gasteiger partial charge in [0.1, 0.15) is 0 Å². The number of halogens is 1. The SMILES string of the molecule is CCCN(C)C(c1cnc(NC=O)s1)c1ccccc1Cl. The van der Waals surface area contributed by atoms with Crippen LogP contribution in [0.4, 0.5) is 5.13 Å². The Morgan fingerprint density at radius 3 is 2.90 bits per heavy atom. The second kappa shape index (κ2) is 7.54. The minimum atomic E-state index is 0.0401. The van der Waals surface area contributed by atoms with Gasteiger partial charge in [0.2, 0.25) is 6.41 Å². The van der Waals surface area contributed by atoms with Gasteiger partial charge in [-0.25, -0.2) is 4.98 Å². The Labute approximate surface area is 133 Å². The number of carbonyl (C=O) groups is 1. The van der Waals surface area contributed by atoms with Crippen molar-refractivity contribution in [1.29, 1.82) is 0 Å². The highest BCUT2D eigenvalue weighted by molar-refractivity contribution is 7.15. The van der Waals surface area contributed by atoms with Crippen molar-refractivity contribution in [3.63, 3.8) is 0 Å². The van der Waals surface area contributed by atoms with Crippen LogP contribution in [0.5, 0.6) is 0 Å². The van der Waals surface area contributed by atoms with Crippen LogP contribution in [-0.2, 0) is 4.79 Å². The molecule has 1 aromatic carbocycles. The molecule has 0 fully saturated rings.